The molecule has 0 aliphatic carbocycles. The van der Waals surface area contributed by atoms with Crippen LogP contribution in [0.5, 0.6) is 0 Å². The van der Waals surface area contributed by atoms with Crippen LogP contribution in [0.4, 0.5) is 14.9 Å². The van der Waals surface area contributed by atoms with Gasteiger partial charge in [-0.25, -0.2) is 9.18 Å². The van der Waals surface area contributed by atoms with Crippen molar-refractivity contribution in [2.24, 2.45) is 5.92 Å². The standard InChI is InChI=1S/C20H22FN3O2/c21-18-11-5-4-7-15(18)13-22-19(25)16-8-6-12-24(14-16)20(26)23-17-9-2-1-3-10-17/h1-5,7,9-11,16H,6,8,12-14H2,(H,22,25)(H,23,26)/t16-/m1/s1. The van der Waals surface area contributed by atoms with Crippen molar-refractivity contribution in [1.82, 2.24) is 10.2 Å². The van der Waals surface area contributed by atoms with Crippen LogP contribution in [0.15, 0.2) is 54.6 Å². The van der Waals surface area contributed by atoms with Gasteiger partial charge in [-0.05, 0) is 31.0 Å². The Balaban J connectivity index is 1.53. The molecule has 1 saturated heterocycles. The van der Waals surface area contributed by atoms with Gasteiger partial charge in [0.1, 0.15) is 5.82 Å². The molecule has 0 unspecified atom stereocenters. The summed E-state index contributed by atoms with van der Waals surface area (Å²) in [5.41, 5.74) is 1.18. The van der Waals surface area contributed by atoms with Crippen LogP contribution in [-0.4, -0.2) is 29.9 Å². The van der Waals surface area contributed by atoms with Crippen molar-refractivity contribution in [3.63, 3.8) is 0 Å². The summed E-state index contributed by atoms with van der Waals surface area (Å²) in [5, 5.41) is 5.62. The van der Waals surface area contributed by atoms with Crippen molar-refractivity contribution in [2.75, 3.05) is 18.4 Å². The summed E-state index contributed by atoms with van der Waals surface area (Å²) in [5.74, 6) is -0.761. The summed E-state index contributed by atoms with van der Waals surface area (Å²) < 4.78 is 13.6. The number of anilines is 1. The Kier molecular flexibility index (Phi) is 5.84. The molecular weight excluding hydrogens is 333 g/mol. The summed E-state index contributed by atoms with van der Waals surface area (Å²) >= 11 is 0. The summed E-state index contributed by atoms with van der Waals surface area (Å²) in [7, 11) is 0. The SMILES string of the molecule is O=C(NCc1ccccc1F)[C@@H]1CCCN(C(=O)Nc2ccccc2)C1. The van der Waals surface area contributed by atoms with Gasteiger partial charge in [0, 0.05) is 30.9 Å². The van der Waals surface area contributed by atoms with Crippen molar-refractivity contribution in [3.05, 3.63) is 66.0 Å². The van der Waals surface area contributed by atoms with Gasteiger partial charge < -0.3 is 15.5 Å². The van der Waals surface area contributed by atoms with Gasteiger partial charge in [-0.15, -0.1) is 0 Å². The second-order valence-corrected chi connectivity index (χ2v) is 6.39. The Hall–Kier alpha value is -2.89. The van der Waals surface area contributed by atoms with Crippen LogP contribution in [0.1, 0.15) is 18.4 Å². The van der Waals surface area contributed by atoms with Gasteiger partial charge in [-0.2, -0.15) is 0 Å². The Morgan fingerprint density at radius 1 is 1.08 bits per heavy atom. The zero-order valence-corrected chi connectivity index (χ0v) is 14.5. The highest BCUT2D eigenvalue weighted by Crippen LogP contribution is 2.18. The monoisotopic (exact) mass is 355 g/mol. The lowest BCUT2D eigenvalue weighted by molar-refractivity contribution is -0.126. The van der Waals surface area contributed by atoms with E-state index in [-0.39, 0.29) is 30.2 Å². The molecule has 2 N–H and O–H groups in total. The van der Waals surface area contributed by atoms with Crippen LogP contribution in [0.2, 0.25) is 0 Å². The first-order valence-electron chi connectivity index (χ1n) is 8.75. The molecule has 0 aromatic heterocycles. The van der Waals surface area contributed by atoms with E-state index < -0.39 is 0 Å². The minimum Gasteiger partial charge on any atom is -0.352 e. The van der Waals surface area contributed by atoms with Gasteiger partial charge in [-0.1, -0.05) is 36.4 Å². The van der Waals surface area contributed by atoms with Crippen molar-refractivity contribution >= 4 is 17.6 Å². The summed E-state index contributed by atoms with van der Waals surface area (Å²) in [4.78, 5) is 26.5. The predicted octanol–water partition coefficient (Wildman–Crippen LogP) is 3.39. The van der Waals surface area contributed by atoms with Crippen LogP contribution in [0, 0.1) is 11.7 Å². The number of para-hydroxylation sites is 1. The van der Waals surface area contributed by atoms with Crippen molar-refractivity contribution in [2.45, 2.75) is 19.4 Å². The summed E-state index contributed by atoms with van der Waals surface area (Å²) in [6, 6.07) is 15.4. The second kappa shape index (κ2) is 8.47. The Morgan fingerprint density at radius 3 is 2.58 bits per heavy atom. The van der Waals surface area contributed by atoms with E-state index in [2.05, 4.69) is 10.6 Å². The van der Waals surface area contributed by atoms with E-state index in [0.717, 1.165) is 18.5 Å². The molecule has 1 aliphatic rings. The molecule has 1 aliphatic heterocycles. The molecule has 1 fully saturated rings. The number of rotatable bonds is 4. The number of piperidine rings is 1. The number of benzene rings is 2. The van der Waals surface area contributed by atoms with Gasteiger partial charge in [0.2, 0.25) is 5.91 Å². The van der Waals surface area contributed by atoms with E-state index >= 15 is 0 Å². The molecule has 3 rings (SSSR count). The van der Waals surface area contributed by atoms with Gasteiger partial charge in [0.05, 0.1) is 5.92 Å². The van der Waals surface area contributed by atoms with Crippen molar-refractivity contribution < 1.29 is 14.0 Å². The van der Waals surface area contributed by atoms with Crippen molar-refractivity contribution in [1.29, 1.82) is 0 Å². The van der Waals surface area contributed by atoms with E-state index in [1.54, 1.807) is 23.1 Å². The predicted molar refractivity (Wildman–Crippen MR) is 98.0 cm³/mol. The highest BCUT2D eigenvalue weighted by molar-refractivity contribution is 5.90. The third kappa shape index (κ3) is 4.59. The lowest BCUT2D eigenvalue weighted by Gasteiger charge is -2.32. The average Bonchev–Trinajstić information content (AvgIpc) is 2.68. The molecular formula is C20H22FN3O2. The second-order valence-electron chi connectivity index (χ2n) is 6.39. The number of amides is 3. The van der Waals surface area contributed by atoms with Crippen LogP contribution in [0.3, 0.4) is 0 Å². The number of hydrogen-bond donors (Lipinski definition) is 2. The minimum atomic E-state index is -0.333. The van der Waals surface area contributed by atoms with Gasteiger partial charge >= 0.3 is 6.03 Å². The van der Waals surface area contributed by atoms with E-state index in [9.17, 15) is 14.0 Å². The number of likely N-dealkylation sites (tertiary alicyclic amines) is 1. The molecule has 0 spiro atoms. The number of carbonyl (C=O) groups excluding carboxylic acids is 2. The number of urea groups is 1. The smallest absolute Gasteiger partial charge is 0.321 e. The molecule has 3 amide bonds. The van der Waals surface area contributed by atoms with E-state index in [0.29, 0.717) is 18.7 Å². The van der Waals surface area contributed by atoms with Gasteiger partial charge in [0.15, 0.2) is 0 Å². The fourth-order valence-corrected chi connectivity index (χ4v) is 3.07. The average molecular weight is 355 g/mol. The molecule has 0 saturated carbocycles. The highest BCUT2D eigenvalue weighted by Gasteiger charge is 2.28. The Morgan fingerprint density at radius 2 is 1.81 bits per heavy atom. The maximum atomic E-state index is 13.6. The molecule has 5 nitrogen and oxygen atoms in total. The third-order valence-electron chi connectivity index (χ3n) is 4.52. The zero-order valence-electron chi connectivity index (χ0n) is 14.5. The lowest BCUT2D eigenvalue weighted by atomic mass is 9.97. The quantitative estimate of drug-likeness (QED) is 0.883. The first-order valence-corrected chi connectivity index (χ1v) is 8.75. The van der Waals surface area contributed by atoms with Gasteiger partial charge in [0.25, 0.3) is 0 Å². The van der Waals surface area contributed by atoms with E-state index in [4.69, 9.17) is 0 Å². The maximum Gasteiger partial charge on any atom is 0.321 e. The summed E-state index contributed by atoms with van der Waals surface area (Å²) in [6.07, 6.45) is 1.48. The largest absolute Gasteiger partial charge is 0.352 e. The minimum absolute atomic E-state index is 0.148. The number of nitrogens with zero attached hydrogens (tertiary/aromatic N) is 1. The molecule has 26 heavy (non-hydrogen) atoms. The zero-order chi connectivity index (χ0) is 18.4. The molecule has 6 heteroatoms. The first-order chi connectivity index (χ1) is 12.6. The number of carbonyl (C=O) groups is 2. The molecule has 0 radical (unpaired) electrons. The van der Waals surface area contributed by atoms with Crippen LogP contribution >= 0.6 is 0 Å². The van der Waals surface area contributed by atoms with Crippen molar-refractivity contribution in [3.8, 4) is 0 Å². The molecule has 1 heterocycles. The molecule has 0 bridgehead atoms. The maximum absolute atomic E-state index is 13.6. The Labute approximate surface area is 152 Å². The number of nitrogens with one attached hydrogen (secondary N) is 2. The number of hydrogen-bond acceptors (Lipinski definition) is 2. The van der Waals surface area contributed by atoms with E-state index in [1.807, 2.05) is 30.3 Å². The molecule has 1 atom stereocenters. The molecule has 2 aromatic carbocycles. The molecule has 136 valence electrons. The van der Waals surface area contributed by atoms with Crippen LogP contribution < -0.4 is 10.6 Å². The number of halogens is 1. The van der Waals surface area contributed by atoms with E-state index in [1.165, 1.54) is 6.07 Å². The Bertz CT molecular complexity index is 767. The third-order valence-corrected chi connectivity index (χ3v) is 4.52. The van der Waals surface area contributed by atoms with Gasteiger partial charge in [-0.3, -0.25) is 4.79 Å². The fraction of sp³-hybridized carbons (Fsp3) is 0.300. The topological polar surface area (TPSA) is 61.4 Å². The normalized spacial score (nSPS) is 16.8. The first kappa shape index (κ1) is 17.9. The summed E-state index contributed by atoms with van der Waals surface area (Å²) in [6.45, 7) is 1.13. The highest BCUT2D eigenvalue weighted by atomic mass is 19.1. The lowest BCUT2D eigenvalue weighted by Crippen LogP contribution is -2.46. The fourth-order valence-electron chi connectivity index (χ4n) is 3.07. The molecule has 2 aromatic rings. The van der Waals surface area contributed by atoms with Crippen LogP contribution in [-0.2, 0) is 11.3 Å². The van der Waals surface area contributed by atoms with Crippen LogP contribution in [0.25, 0.3) is 0 Å².